The van der Waals surface area contributed by atoms with Gasteiger partial charge in [-0.05, 0) is 95.1 Å². The van der Waals surface area contributed by atoms with Gasteiger partial charge < -0.3 is 10.2 Å². The molecule has 46 heavy (non-hydrogen) atoms. The molecule has 1 fully saturated rings. The van der Waals surface area contributed by atoms with E-state index >= 15 is 0 Å². The minimum atomic E-state index is -4.16. The van der Waals surface area contributed by atoms with Gasteiger partial charge in [0, 0.05) is 22.6 Å². The minimum absolute atomic E-state index is 0.0111. The van der Waals surface area contributed by atoms with E-state index in [0.29, 0.717) is 21.3 Å². The molecule has 5 rings (SSSR count). The average molecular weight is 791 g/mol. The van der Waals surface area contributed by atoms with E-state index in [1.807, 2.05) is 30.3 Å². The van der Waals surface area contributed by atoms with Crippen molar-refractivity contribution in [1.29, 1.82) is 0 Å². The largest absolute Gasteiger partial charge is 0.352 e. The molecule has 1 unspecified atom stereocenters. The molecular weight excluding hydrogens is 756 g/mol. The van der Waals surface area contributed by atoms with Gasteiger partial charge in [0.2, 0.25) is 11.8 Å². The Kier molecular flexibility index (Phi) is 11.6. The van der Waals surface area contributed by atoms with Crippen LogP contribution in [0.2, 0.25) is 10.0 Å². The molecule has 0 spiro atoms. The number of amides is 2. The van der Waals surface area contributed by atoms with Crippen LogP contribution in [0, 0.1) is 3.57 Å². The summed E-state index contributed by atoms with van der Waals surface area (Å²) in [5.74, 6) is -0.817. The highest BCUT2D eigenvalue weighted by Gasteiger charge is 2.35. The van der Waals surface area contributed by atoms with Crippen LogP contribution in [0.3, 0.4) is 0 Å². The molecule has 2 amide bonds. The number of carbonyl (C=O) groups excluding carboxylic acids is 2. The first kappa shape index (κ1) is 34.2. The maximum atomic E-state index is 14.6. The van der Waals surface area contributed by atoms with Crippen molar-refractivity contribution in [3.63, 3.8) is 0 Å². The van der Waals surface area contributed by atoms with Crippen molar-refractivity contribution >= 4 is 73.3 Å². The predicted octanol–water partition coefficient (Wildman–Crippen LogP) is 7.49. The average Bonchev–Trinajstić information content (AvgIpc) is 3.57. The molecule has 7 nitrogen and oxygen atoms in total. The highest BCUT2D eigenvalue weighted by atomic mass is 127. The Balaban J connectivity index is 1.57. The Hall–Kier alpha value is -3.12. The highest BCUT2D eigenvalue weighted by molar-refractivity contribution is 14.1. The number of benzene rings is 4. The lowest BCUT2D eigenvalue weighted by Crippen LogP contribution is -2.54. The molecule has 0 heterocycles. The summed E-state index contributed by atoms with van der Waals surface area (Å²) in [5, 5.41) is 3.85. The summed E-state index contributed by atoms with van der Waals surface area (Å²) in [6, 6.07) is 28.6. The van der Waals surface area contributed by atoms with Crippen molar-refractivity contribution in [2.75, 3.05) is 10.8 Å². The number of halogens is 3. The molecule has 4 aromatic carbocycles. The van der Waals surface area contributed by atoms with E-state index in [1.54, 1.807) is 60.7 Å². The molecule has 11 heteroatoms. The third-order valence-corrected chi connectivity index (χ3v) is 11.3. The second-order valence-corrected chi connectivity index (χ2v) is 15.2. The van der Waals surface area contributed by atoms with E-state index in [2.05, 4.69) is 27.9 Å². The molecule has 0 aromatic heterocycles. The molecule has 0 bridgehead atoms. The summed E-state index contributed by atoms with van der Waals surface area (Å²) in [6.45, 7) is -0.516. The standard InChI is InChI=1S/C35H34Cl2IN3O4S/c36-31-20-15-26(21-32(31)37)23-40(33(22-25-9-3-1-4-10-25)35(43)39-28-11-7-8-12-28)34(42)24-41(29-18-16-27(38)17-19-29)46(44,45)30-13-5-2-6-14-30/h1-6,9-10,13-21,28,33H,7-8,11-12,22-24H2,(H,39,43). The van der Waals surface area contributed by atoms with Crippen LogP contribution in [-0.2, 0) is 32.6 Å². The van der Waals surface area contributed by atoms with Gasteiger partial charge in [0.05, 0.1) is 20.6 Å². The van der Waals surface area contributed by atoms with Crippen LogP contribution < -0.4 is 9.62 Å². The van der Waals surface area contributed by atoms with Crippen LogP contribution in [0.1, 0.15) is 36.8 Å². The monoisotopic (exact) mass is 789 g/mol. The van der Waals surface area contributed by atoms with Crippen molar-refractivity contribution in [3.05, 3.63) is 128 Å². The van der Waals surface area contributed by atoms with Crippen LogP contribution in [0.25, 0.3) is 0 Å². The van der Waals surface area contributed by atoms with Gasteiger partial charge in [0.1, 0.15) is 12.6 Å². The number of nitrogens with zero attached hydrogens (tertiary/aromatic N) is 2. The maximum Gasteiger partial charge on any atom is 0.264 e. The zero-order valence-electron chi connectivity index (χ0n) is 25.0. The van der Waals surface area contributed by atoms with Gasteiger partial charge in [-0.2, -0.15) is 0 Å². The molecule has 1 aliphatic carbocycles. The lowest BCUT2D eigenvalue weighted by molar-refractivity contribution is -0.140. The topological polar surface area (TPSA) is 86.8 Å². The zero-order valence-corrected chi connectivity index (χ0v) is 29.5. The number of hydrogen-bond acceptors (Lipinski definition) is 4. The third kappa shape index (κ3) is 8.61. The lowest BCUT2D eigenvalue weighted by atomic mass is 10.0. The number of nitrogens with one attached hydrogen (secondary N) is 1. The Labute approximate surface area is 294 Å². The van der Waals surface area contributed by atoms with E-state index in [0.717, 1.165) is 39.1 Å². The minimum Gasteiger partial charge on any atom is -0.352 e. The van der Waals surface area contributed by atoms with Gasteiger partial charge in [-0.25, -0.2) is 8.42 Å². The Bertz CT molecular complexity index is 1750. The Morgan fingerprint density at radius 1 is 0.826 bits per heavy atom. The van der Waals surface area contributed by atoms with Crippen LogP contribution in [0.15, 0.2) is 108 Å². The SMILES string of the molecule is O=C(NC1CCCC1)C(Cc1ccccc1)N(Cc1ccc(Cl)c(Cl)c1)C(=O)CN(c1ccc(I)cc1)S(=O)(=O)c1ccccc1. The maximum absolute atomic E-state index is 14.6. The number of sulfonamides is 1. The fourth-order valence-electron chi connectivity index (χ4n) is 5.61. The molecule has 0 saturated heterocycles. The summed E-state index contributed by atoms with van der Waals surface area (Å²) in [4.78, 5) is 30.2. The Morgan fingerprint density at radius 2 is 1.46 bits per heavy atom. The van der Waals surface area contributed by atoms with Gasteiger partial charge in [-0.15, -0.1) is 0 Å². The smallest absolute Gasteiger partial charge is 0.264 e. The normalized spacial score (nSPS) is 14.1. The highest BCUT2D eigenvalue weighted by Crippen LogP contribution is 2.28. The van der Waals surface area contributed by atoms with Gasteiger partial charge >= 0.3 is 0 Å². The molecule has 0 aliphatic heterocycles. The molecule has 240 valence electrons. The van der Waals surface area contributed by atoms with E-state index < -0.39 is 28.5 Å². The van der Waals surface area contributed by atoms with E-state index in [-0.39, 0.29) is 29.8 Å². The van der Waals surface area contributed by atoms with Gasteiger partial charge in [-0.1, -0.05) is 90.6 Å². The molecule has 1 N–H and O–H groups in total. The fraction of sp³-hybridized carbons (Fsp3) is 0.257. The van der Waals surface area contributed by atoms with E-state index in [4.69, 9.17) is 23.2 Å². The van der Waals surface area contributed by atoms with Gasteiger partial charge in [-0.3, -0.25) is 13.9 Å². The number of anilines is 1. The third-order valence-electron chi connectivity index (χ3n) is 8.03. The van der Waals surface area contributed by atoms with Crippen molar-refractivity contribution in [2.45, 2.75) is 55.6 Å². The van der Waals surface area contributed by atoms with Gasteiger partial charge in [0.25, 0.3) is 10.0 Å². The number of rotatable bonds is 12. The van der Waals surface area contributed by atoms with Crippen LogP contribution in [0.5, 0.6) is 0 Å². The molecule has 1 atom stereocenters. The van der Waals surface area contributed by atoms with E-state index in [9.17, 15) is 18.0 Å². The summed E-state index contributed by atoms with van der Waals surface area (Å²) in [7, 11) is -4.16. The Morgan fingerprint density at radius 3 is 2.09 bits per heavy atom. The molecule has 0 radical (unpaired) electrons. The summed E-state index contributed by atoms with van der Waals surface area (Å²) in [6.07, 6.45) is 4.05. The van der Waals surface area contributed by atoms with Crippen molar-refractivity contribution in [2.24, 2.45) is 0 Å². The van der Waals surface area contributed by atoms with Crippen LogP contribution in [-0.4, -0.2) is 43.8 Å². The second kappa shape index (κ2) is 15.6. The first-order valence-corrected chi connectivity index (χ1v) is 18.3. The fourth-order valence-corrected chi connectivity index (χ4v) is 7.73. The first-order chi connectivity index (χ1) is 22.1. The van der Waals surface area contributed by atoms with Crippen LogP contribution >= 0.6 is 45.8 Å². The molecule has 1 saturated carbocycles. The molecule has 1 aliphatic rings. The predicted molar refractivity (Wildman–Crippen MR) is 191 cm³/mol. The second-order valence-electron chi connectivity index (χ2n) is 11.3. The first-order valence-electron chi connectivity index (χ1n) is 15.0. The van der Waals surface area contributed by atoms with Crippen molar-refractivity contribution in [3.8, 4) is 0 Å². The van der Waals surface area contributed by atoms with Crippen molar-refractivity contribution < 1.29 is 18.0 Å². The number of carbonyl (C=O) groups is 2. The summed E-state index contributed by atoms with van der Waals surface area (Å²) >= 11 is 14.7. The zero-order chi connectivity index (χ0) is 32.7. The van der Waals surface area contributed by atoms with Crippen molar-refractivity contribution in [1.82, 2.24) is 10.2 Å². The number of hydrogen-bond donors (Lipinski definition) is 1. The summed E-state index contributed by atoms with van der Waals surface area (Å²) in [5.41, 5.74) is 1.86. The van der Waals surface area contributed by atoms with E-state index in [1.165, 1.54) is 17.0 Å². The molecule has 4 aromatic rings. The lowest BCUT2D eigenvalue weighted by Gasteiger charge is -2.34. The molecular formula is C35H34Cl2IN3O4S. The van der Waals surface area contributed by atoms with Crippen LogP contribution in [0.4, 0.5) is 5.69 Å². The quantitative estimate of drug-likeness (QED) is 0.151. The van der Waals surface area contributed by atoms with Gasteiger partial charge in [0.15, 0.2) is 0 Å². The summed E-state index contributed by atoms with van der Waals surface area (Å²) < 4.78 is 30.2.